The first-order valence-electron chi connectivity index (χ1n) is 8.80. The lowest BCUT2D eigenvalue weighted by molar-refractivity contribution is -0.830. The lowest BCUT2D eigenvalue weighted by Crippen LogP contribution is -2.53. The third kappa shape index (κ3) is 4.36. The highest BCUT2D eigenvalue weighted by atomic mass is 16.6. The van der Waals surface area contributed by atoms with Crippen molar-refractivity contribution in [1.29, 1.82) is 0 Å². The number of hydrogen-bond donors (Lipinski definition) is 1. The Bertz CT molecular complexity index is 702. The van der Waals surface area contributed by atoms with Gasteiger partial charge in [-0.1, -0.05) is 32.0 Å². The van der Waals surface area contributed by atoms with Gasteiger partial charge in [0.25, 0.3) is 0 Å². The number of esters is 1. The Morgan fingerprint density at radius 3 is 2.65 bits per heavy atom. The zero-order valence-corrected chi connectivity index (χ0v) is 15.4. The number of urea groups is 1. The van der Waals surface area contributed by atoms with E-state index in [-0.39, 0.29) is 41.3 Å². The standard InChI is InChI=1S/C17H19N3O4.C2H6/c1-20(10-9-14(18)19-17(20)22)15-8-7-13(24-15)11-23-16(21)12-5-3-2-4-6-12;1-2/h2-6,9-10,13,15H,7-8,11H2,1H3,(H-,18,19,22);1-2H3/p+1. The van der Waals surface area contributed by atoms with Crippen molar-refractivity contribution in [3.8, 4) is 0 Å². The molecule has 3 unspecified atom stereocenters. The zero-order chi connectivity index (χ0) is 19.2. The number of rotatable bonds is 4. The summed E-state index contributed by atoms with van der Waals surface area (Å²) in [4.78, 5) is 27.9. The fraction of sp³-hybridized carbons (Fsp3) is 0.421. The van der Waals surface area contributed by atoms with Crippen LogP contribution in [0.25, 0.3) is 0 Å². The predicted octanol–water partition coefficient (Wildman–Crippen LogP) is 2.83. The number of carbonyl (C=O) groups is 2. The van der Waals surface area contributed by atoms with Crippen molar-refractivity contribution in [2.75, 3.05) is 13.7 Å². The van der Waals surface area contributed by atoms with Gasteiger partial charge in [0.2, 0.25) is 6.23 Å². The largest absolute Gasteiger partial charge is 0.459 e. The van der Waals surface area contributed by atoms with E-state index in [1.165, 1.54) is 0 Å². The summed E-state index contributed by atoms with van der Waals surface area (Å²) in [6.45, 7) is 4.16. The summed E-state index contributed by atoms with van der Waals surface area (Å²) in [5.74, 6) is -0.184. The van der Waals surface area contributed by atoms with Crippen LogP contribution in [0.2, 0.25) is 0 Å². The number of benzene rings is 1. The van der Waals surface area contributed by atoms with E-state index in [9.17, 15) is 9.59 Å². The molecule has 1 saturated heterocycles. The molecule has 2 N–H and O–H groups in total. The van der Waals surface area contributed by atoms with Gasteiger partial charge in [0, 0.05) is 12.5 Å². The lowest BCUT2D eigenvalue weighted by atomic mass is 10.2. The molecular formula is C19H26N3O4+. The van der Waals surface area contributed by atoms with Crippen LogP contribution < -0.4 is 5.73 Å². The van der Waals surface area contributed by atoms with E-state index in [1.807, 2.05) is 19.9 Å². The normalized spacial score (nSPS) is 27.3. The maximum atomic E-state index is 12.2. The van der Waals surface area contributed by atoms with Gasteiger partial charge in [-0.05, 0) is 18.6 Å². The lowest BCUT2D eigenvalue weighted by Gasteiger charge is -2.32. The number of amides is 2. The molecule has 1 aromatic carbocycles. The average molecular weight is 360 g/mol. The molecular weight excluding hydrogens is 334 g/mol. The minimum Gasteiger partial charge on any atom is -0.459 e. The van der Waals surface area contributed by atoms with E-state index in [4.69, 9.17) is 15.2 Å². The summed E-state index contributed by atoms with van der Waals surface area (Å²) in [5.41, 5.74) is 6.05. The number of carbonyl (C=O) groups excluding carboxylic acids is 2. The molecule has 26 heavy (non-hydrogen) atoms. The second-order valence-electron chi connectivity index (χ2n) is 6.04. The number of nitrogens with two attached hydrogens (primary N) is 1. The minimum absolute atomic E-state index is 0.0795. The van der Waals surface area contributed by atoms with Gasteiger partial charge < -0.3 is 15.2 Å². The highest BCUT2D eigenvalue weighted by Crippen LogP contribution is 2.30. The van der Waals surface area contributed by atoms with Gasteiger partial charge in [0.1, 0.15) is 18.6 Å². The fourth-order valence-corrected chi connectivity index (χ4v) is 2.80. The smallest absolute Gasteiger partial charge is 0.451 e. The van der Waals surface area contributed by atoms with Gasteiger partial charge in [-0.15, -0.1) is 4.99 Å². The molecule has 2 aliphatic rings. The average Bonchev–Trinajstić information content (AvgIpc) is 3.15. The fourth-order valence-electron chi connectivity index (χ4n) is 2.80. The highest BCUT2D eigenvalue weighted by Gasteiger charge is 2.46. The SMILES string of the molecule is CC.C[N+]1(C2CCC(COC(=O)c3ccccc3)O2)C=CC(N)=NC1=O. The van der Waals surface area contributed by atoms with Crippen molar-refractivity contribution < 1.29 is 23.5 Å². The van der Waals surface area contributed by atoms with Gasteiger partial charge in [0.15, 0.2) is 0 Å². The molecule has 2 heterocycles. The second-order valence-corrected chi connectivity index (χ2v) is 6.04. The van der Waals surface area contributed by atoms with E-state index in [2.05, 4.69) is 4.99 Å². The summed E-state index contributed by atoms with van der Waals surface area (Å²) < 4.78 is 11.1. The third-order valence-corrected chi connectivity index (χ3v) is 4.29. The second kappa shape index (κ2) is 8.73. The molecule has 0 spiro atoms. The minimum atomic E-state index is -0.380. The molecule has 3 rings (SSSR count). The van der Waals surface area contributed by atoms with Crippen LogP contribution >= 0.6 is 0 Å². The van der Waals surface area contributed by atoms with Gasteiger partial charge in [0.05, 0.1) is 18.7 Å². The Kier molecular flexibility index (Phi) is 6.65. The molecule has 7 nitrogen and oxygen atoms in total. The number of aliphatic imine (C=N–C) groups is 1. The van der Waals surface area contributed by atoms with Crippen molar-refractivity contribution in [3.63, 3.8) is 0 Å². The van der Waals surface area contributed by atoms with Crippen LogP contribution in [0.4, 0.5) is 4.79 Å². The molecule has 7 heteroatoms. The van der Waals surface area contributed by atoms with Crippen LogP contribution in [0.5, 0.6) is 0 Å². The number of quaternary nitrogens is 1. The molecule has 2 amide bonds. The van der Waals surface area contributed by atoms with Gasteiger partial charge in [-0.2, -0.15) is 4.48 Å². The Balaban J connectivity index is 0.00000117. The van der Waals surface area contributed by atoms with E-state index in [0.29, 0.717) is 18.4 Å². The highest BCUT2D eigenvalue weighted by molar-refractivity contribution is 5.99. The summed E-state index contributed by atoms with van der Waals surface area (Å²) in [7, 11) is 1.73. The third-order valence-electron chi connectivity index (χ3n) is 4.29. The van der Waals surface area contributed by atoms with Crippen LogP contribution in [-0.4, -0.2) is 48.3 Å². The van der Waals surface area contributed by atoms with E-state index < -0.39 is 0 Å². The van der Waals surface area contributed by atoms with Crippen LogP contribution in [0, 0.1) is 0 Å². The monoisotopic (exact) mass is 360 g/mol. The number of hydrogen-bond acceptors (Lipinski definition) is 5. The van der Waals surface area contributed by atoms with Crippen LogP contribution in [0.3, 0.4) is 0 Å². The van der Waals surface area contributed by atoms with Crippen molar-refractivity contribution in [2.45, 2.75) is 39.0 Å². The van der Waals surface area contributed by atoms with E-state index in [0.717, 1.165) is 0 Å². The van der Waals surface area contributed by atoms with Crippen molar-refractivity contribution >= 4 is 17.8 Å². The zero-order valence-electron chi connectivity index (χ0n) is 15.4. The van der Waals surface area contributed by atoms with Crippen molar-refractivity contribution in [2.24, 2.45) is 10.7 Å². The Morgan fingerprint density at radius 1 is 1.31 bits per heavy atom. The quantitative estimate of drug-likeness (QED) is 0.658. The predicted molar refractivity (Wildman–Crippen MR) is 98.3 cm³/mol. The maximum absolute atomic E-state index is 12.2. The van der Waals surface area contributed by atoms with Gasteiger partial charge in [-0.3, -0.25) is 0 Å². The summed E-state index contributed by atoms with van der Waals surface area (Å²) in [5, 5.41) is 0. The molecule has 0 aliphatic carbocycles. The van der Waals surface area contributed by atoms with Gasteiger partial charge >= 0.3 is 12.0 Å². The van der Waals surface area contributed by atoms with Crippen LogP contribution in [0.1, 0.15) is 37.0 Å². The molecule has 1 aromatic rings. The topological polar surface area (TPSA) is 91.0 Å². The first-order valence-corrected chi connectivity index (χ1v) is 8.80. The number of ether oxygens (including phenoxy) is 2. The van der Waals surface area contributed by atoms with Crippen molar-refractivity contribution in [3.05, 3.63) is 48.2 Å². The van der Waals surface area contributed by atoms with Crippen molar-refractivity contribution in [1.82, 2.24) is 0 Å². The molecule has 0 bridgehead atoms. The molecule has 0 radical (unpaired) electrons. The molecule has 3 atom stereocenters. The van der Waals surface area contributed by atoms with Crippen LogP contribution in [0.15, 0.2) is 47.6 Å². The first-order chi connectivity index (χ1) is 12.5. The van der Waals surface area contributed by atoms with E-state index >= 15 is 0 Å². The molecule has 140 valence electrons. The molecule has 1 fully saturated rings. The Labute approximate surface area is 153 Å². The molecule has 0 saturated carbocycles. The van der Waals surface area contributed by atoms with Crippen LogP contribution in [-0.2, 0) is 9.47 Å². The summed E-state index contributed by atoms with van der Waals surface area (Å²) in [6, 6.07) is 8.44. The molecule has 0 aromatic heterocycles. The maximum Gasteiger partial charge on any atom is 0.451 e. The Morgan fingerprint density at radius 2 is 2.00 bits per heavy atom. The number of nitrogens with zero attached hydrogens (tertiary/aromatic N) is 2. The van der Waals surface area contributed by atoms with E-state index in [1.54, 1.807) is 43.6 Å². The first kappa shape index (κ1) is 19.8. The summed E-state index contributed by atoms with van der Waals surface area (Å²) >= 11 is 0. The number of amidine groups is 1. The Hall–Kier alpha value is -2.51. The summed E-state index contributed by atoms with van der Waals surface area (Å²) in [6.07, 6.45) is 4.09. The van der Waals surface area contributed by atoms with Gasteiger partial charge in [-0.25, -0.2) is 9.59 Å². The molecule has 2 aliphatic heterocycles.